The van der Waals surface area contributed by atoms with Crippen LogP contribution >= 0.6 is 0 Å². The van der Waals surface area contributed by atoms with Crippen LogP contribution in [0.3, 0.4) is 0 Å². The van der Waals surface area contributed by atoms with E-state index in [1.54, 1.807) is 0 Å². The number of fused-ring (bicyclic) bond motifs is 1. The summed E-state index contributed by atoms with van der Waals surface area (Å²) in [4.78, 5) is 9.01. The maximum absolute atomic E-state index is 5.76. The highest BCUT2D eigenvalue weighted by Crippen LogP contribution is 2.18. The number of pyridine rings is 2. The molecule has 0 amide bonds. The Labute approximate surface area is 117 Å². The molecule has 3 aromatic rings. The third kappa shape index (κ3) is 2.69. The van der Waals surface area contributed by atoms with Crippen LogP contribution in [0.15, 0.2) is 48.5 Å². The SMILES string of the molecule is Cc1cccc(CNc2ccc3cc(N)ccc3n2)n1. The number of nitrogens with zero attached hydrogens (tertiary/aromatic N) is 2. The van der Waals surface area contributed by atoms with E-state index in [2.05, 4.69) is 15.3 Å². The molecular weight excluding hydrogens is 248 g/mol. The van der Waals surface area contributed by atoms with E-state index in [1.807, 2.05) is 55.5 Å². The molecule has 3 N–H and O–H groups in total. The van der Waals surface area contributed by atoms with Crippen molar-refractivity contribution in [1.82, 2.24) is 9.97 Å². The monoisotopic (exact) mass is 264 g/mol. The minimum atomic E-state index is 0.662. The molecule has 0 aliphatic heterocycles. The Morgan fingerprint density at radius 3 is 2.80 bits per heavy atom. The largest absolute Gasteiger partial charge is 0.399 e. The lowest BCUT2D eigenvalue weighted by atomic mass is 10.2. The molecular formula is C16H16N4. The first-order valence-electron chi connectivity index (χ1n) is 6.53. The van der Waals surface area contributed by atoms with Crippen LogP contribution in [-0.2, 0) is 6.54 Å². The summed E-state index contributed by atoms with van der Waals surface area (Å²) < 4.78 is 0. The van der Waals surface area contributed by atoms with Gasteiger partial charge in [-0.2, -0.15) is 0 Å². The van der Waals surface area contributed by atoms with E-state index in [0.29, 0.717) is 6.54 Å². The zero-order chi connectivity index (χ0) is 13.9. The van der Waals surface area contributed by atoms with Crippen LogP contribution in [-0.4, -0.2) is 9.97 Å². The first-order chi connectivity index (χ1) is 9.70. The molecule has 0 atom stereocenters. The van der Waals surface area contributed by atoms with Gasteiger partial charge in [-0.1, -0.05) is 6.07 Å². The number of nitrogens with two attached hydrogens (primary N) is 1. The topological polar surface area (TPSA) is 63.8 Å². The summed E-state index contributed by atoms with van der Waals surface area (Å²) in [5.74, 6) is 0.838. The average molecular weight is 264 g/mol. The first-order valence-corrected chi connectivity index (χ1v) is 6.53. The number of rotatable bonds is 3. The summed E-state index contributed by atoms with van der Waals surface area (Å²) >= 11 is 0. The molecule has 0 aliphatic carbocycles. The van der Waals surface area contributed by atoms with Gasteiger partial charge in [0.25, 0.3) is 0 Å². The second kappa shape index (κ2) is 5.17. The number of nitrogens with one attached hydrogen (secondary N) is 1. The van der Waals surface area contributed by atoms with Crippen LogP contribution in [0.5, 0.6) is 0 Å². The van der Waals surface area contributed by atoms with E-state index < -0.39 is 0 Å². The maximum Gasteiger partial charge on any atom is 0.126 e. The number of benzene rings is 1. The average Bonchev–Trinajstić information content (AvgIpc) is 2.45. The first kappa shape index (κ1) is 12.4. The summed E-state index contributed by atoms with van der Waals surface area (Å²) in [6.45, 7) is 2.65. The van der Waals surface area contributed by atoms with Crippen LogP contribution in [0.1, 0.15) is 11.4 Å². The van der Waals surface area contributed by atoms with Crippen molar-refractivity contribution in [1.29, 1.82) is 0 Å². The van der Waals surface area contributed by atoms with E-state index in [-0.39, 0.29) is 0 Å². The van der Waals surface area contributed by atoms with Crippen molar-refractivity contribution in [3.63, 3.8) is 0 Å². The fraction of sp³-hybridized carbons (Fsp3) is 0.125. The highest BCUT2D eigenvalue weighted by atomic mass is 15.0. The quantitative estimate of drug-likeness (QED) is 0.713. The van der Waals surface area contributed by atoms with Gasteiger partial charge in [0.1, 0.15) is 5.82 Å². The van der Waals surface area contributed by atoms with Crippen LogP contribution < -0.4 is 11.1 Å². The van der Waals surface area contributed by atoms with Gasteiger partial charge >= 0.3 is 0 Å². The van der Waals surface area contributed by atoms with Crippen LogP contribution in [0.4, 0.5) is 11.5 Å². The molecule has 0 unspecified atom stereocenters. The van der Waals surface area contributed by atoms with Crippen molar-refractivity contribution in [2.45, 2.75) is 13.5 Å². The second-order valence-corrected chi connectivity index (χ2v) is 4.77. The highest BCUT2D eigenvalue weighted by Gasteiger charge is 2.00. The number of anilines is 2. The lowest BCUT2D eigenvalue weighted by Gasteiger charge is -2.07. The molecule has 0 saturated heterocycles. The third-order valence-corrected chi connectivity index (χ3v) is 3.11. The molecule has 0 spiro atoms. The Kier molecular flexibility index (Phi) is 3.21. The zero-order valence-electron chi connectivity index (χ0n) is 11.3. The summed E-state index contributed by atoms with van der Waals surface area (Å²) in [6, 6.07) is 15.7. The van der Waals surface area contributed by atoms with Crippen LogP contribution in [0.2, 0.25) is 0 Å². The van der Waals surface area contributed by atoms with Crippen molar-refractivity contribution in [2.24, 2.45) is 0 Å². The van der Waals surface area contributed by atoms with Gasteiger partial charge in [0, 0.05) is 16.8 Å². The van der Waals surface area contributed by atoms with Gasteiger partial charge in [0.2, 0.25) is 0 Å². The minimum absolute atomic E-state index is 0.662. The van der Waals surface area contributed by atoms with Gasteiger partial charge in [-0.05, 0) is 49.4 Å². The van der Waals surface area contributed by atoms with Crippen molar-refractivity contribution in [3.05, 3.63) is 59.9 Å². The molecule has 0 aliphatic rings. The lowest BCUT2D eigenvalue weighted by molar-refractivity contribution is 1.01. The molecule has 0 fully saturated rings. The van der Waals surface area contributed by atoms with Crippen molar-refractivity contribution in [2.75, 3.05) is 11.1 Å². The van der Waals surface area contributed by atoms with Crippen LogP contribution in [0.25, 0.3) is 10.9 Å². The van der Waals surface area contributed by atoms with Crippen LogP contribution in [0, 0.1) is 6.92 Å². The number of hydrogen-bond acceptors (Lipinski definition) is 4. The van der Waals surface area contributed by atoms with E-state index >= 15 is 0 Å². The molecule has 2 aromatic heterocycles. The van der Waals surface area contributed by atoms with Gasteiger partial charge in [0.05, 0.1) is 17.8 Å². The molecule has 0 bridgehead atoms. The minimum Gasteiger partial charge on any atom is -0.399 e. The predicted octanol–water partition coefficient (Wildman–Crippen LogP) is 3.13. The summed E-state index contributed by atoms with van der Waals surface area (Å²) in [7, 11) is 0. The van der Waals surface area contributed by atoms with E-state index in [1.165, 1.54) is 0 Å². The third-order valence-electron chi connectivity index (χ3n) is 3.11. The van der Waals surface area contributed by atoms with Gasteiger partial charge in [-0.25, -0.2) is 4.98 Å². The van der Waals surface area contributed by atoms with E-state index in [9.17, 15) is 0 Å². The standard InChI is InChI=1S/C16H16N4/c1-11-3-2-4-14(19-11)10-18-16-8-5-12-9-13(17)6-7-15(12)20-16/h2-9H,10,17H2,1H3,(H,18,20). The fourth-order valence-electron chi connectivity index (χ4n) is 2.12. The van der Waals surface area contributed by atoms with E-state index in [0.717, 1.165) is 33.8 Å². The maximum atomic E-state index is 5.76. The summed E-state index contributed by atoms with van der Waals surface area (Å²) in [5.41, 5.74) is 9.47. The molecule has 4 heteroatoms. The molecule has 2 heterocycles. The summed E-state index contributed by atoms with van der Waals surface area (Å²) in [5, 5.41) is 4.34. The molecule has 3 rings (SSSR count). The number of aryl methyl sites for hydroxylation is 1. The van der Waals surface area contributed by atoms with E-state index in [4.69, 9.17) is 5.73 Å². The zero-order valence-corrected chi connectivity index (χ0v) is 11.3. The number of nitrogen functional groups attached to an aromatic ring is 1. The molecule has 0 saturated carbocycles. The van der Waals surface area contributed by atoms with Crippen molar-refractivity contribution >= 4 is 22.4 Å². The molecule has 20 heavy (non-hydrogen) atoms. The normalized spacial score (nSPS) is 10.7. The summed E-state index contributed by atoms with van der Waals surface area (Å²) in [6.07, 6.45) is 0. The second-order valence-electron chi connectivity index (χ2n) is 4.77. The predicted molar refractivity (Wildman–Crippen MR) is 82.5 cm³/mol. The van der Waals surface area contributed by atoms with Gasteiger partial charge in [-0.3, -0.25) is 4.98 Å². The molecule has 0 radical (unpaired) electrons. The Hall–Kier alpha value is -2.62. The van der Waals surface area contributed by atoms with Crippen molar-refractivity contribution < 1.29 is 0 Å². The molecule has 1 aromatic carbocycles. The Balaban J connectivity index is 1.79. The van der Waals surface area contributed by atoms with Gasteiger partial charge in [0.15, 0.2) is 0 Å². The van der Waals surface area contributed by atoms with Crippen molar-refractivity contribution in [3.8, 4) is 0 Å². The molecule has 4 nitrogen and oxygen atoms in total. The molecule has 100 valence electrons. The lowest BCUT2D eigenvalue weighted by Crippen LogP contribution is -2.03. The Bertz CT molecular complexity index is 752. The number of hydrogen-bond donors (Lipinski definition) is 2. The Morgan fingerprint density at radius 1 is 1.05 bits per heavy atom. The smallest absolute Gasteiger partial charge is 0.126 e. The highest BCUT2D eigenvalue weighted by molar-refractivity contribution is 5.83. The van der Waals surface area contributed by atoms with Gasteiger partial charge < -0.3 is 11.1 Å². The van der Waals surface area contributed by atoms with Gasteiger partial charge in [-0.15, -0.1) is 0 Å². The number of aromatic nitrogens is 2. The fourth-order valence-corrected chi connectivity index (χ4v) is 2.12. The Morgan fingerprint density at radius 2 is 1.95 bits per heavy atom.